The predicted molar refractivity (Wildman–Crippen MR) is 131 cm³/mol. The quantitative estimate of drug-likeness (QED) is 0.551. The summed E-state index contributed by atoms with van der Waals surface area (Å²) in [6, 6.07) is 16.9. The number of para-hydroxylation sites is 2. The number of nitrogens with zero attached hydrogens (tertiary/aromatic N) is 2. The molecule has 162 valence electrons. The number of benzene rings is 2. The van der Waals surface area contributed by atoms with E-state index >= 15 is 0 Å². The Morgan fingerprint density at radius 3 is 2.57 bits per heavy atom. The Morgan fingerprint density at radius 2 is 1.73 bits per heavy atom. The summed E-state index contributed by atoms with van der Waals surface area (Å²) in [6.45, 7) is 4.26. The summed E-state index contributed by atoms with van der Waals surface area (Å²) < 4.78 is 7.43. The SMILES string of the molecule is Cl.Cl.c1ccc2c(c1)CCC(CNCC1CCN(c3nc4ccccc4s3)CC1)O2. The lowest BCUT2D eigenvalue weighted by molar-refractivity contribution is 0.168. The van der Waals surface area contributed by atoms with Crippen molar-refractivity contribution in [2.75, 3.05) is 31.1 Å². The maximum absolute atomic E-state index is 6.15. The molecule has 0 bridgehead atoms. The second-order valence-corrected chi connectivity index (χ2v) is 8.95. The van der Waals surface area contributed by atoms with Crippen LogP contribution in [0.15, 0.2) is 48.5 Å². The van der Waals surface area contributed by atoms with Crippen molar-refractivity contribution >= 4 is 51.5 Å². The number of anilines is 1. The van der Waals surface area contributed by atoms with Gasteiger partial charge in [0.05, 0.1) is 10.2 Å². The molecule has 3 heterocycles. The van der Waals surface area contributed by atoms with Crippen molar-refractivity contribution in [1.29, 1.82) is 0 Å². The molecule has 7 heteroatoms. The zero-order chi connectivity index (χ0) is 18.8. The largest absolute Gasteiger partial charge is 0.489 e. The van der Waals surface area contributed by atoms with E-state index in [-0.39, 0.29) is 24.8 Å². The van der Waals surface area contributed by atoms with Crippen LogP contribution in [0.3, 0.4) is 0 Å². The molecule has 2 aliphatic heterocycles. The third-order valence-electron chi connectivity index (χ3n) is 5.97. The normalized spacial score (nSPS) is 18.8. The molecule has 3 aromatic rings. The van der Waals surface area contributed by atoms with Crippen LogP contribution in [0.1, 0.15) is 24.8 Å². The van der Waals surface area contributed by atoms with E-state index in [0.717, 1.165) is 56.2 Å². The fraction of sp³-hybridized carbons (Fsp3) is 0.435. The lowest BCUT2D eigenvalue weighted by Gasteiger charge is -2.32. The molecule has 0 spiro atoms. The standard InChI is InChI=1S/C23H27N3OS.2ClH/c1-3-7-21-18(5-1)9-10-19(27-21)16-24-15-17-11-13-26(14-12-17)23-25-20-6-2-4-8-22(20)28-23;;/h1-8,17,19,24H,9-16H2;2*1H. The number of hydrogen-bond acceptors (Lipinski definition) is 5. The van der Waals surface area contributed by atoms with Gasteiger partial charge in [-0.25, -0.2) is 4.98 Å². The van der Waals surface area contributed by atoms with Crippen LogP contribution in [0, 0.1) is 5.92 Å². The first-order valence-corrected chi connectivity index (χ1v) is 11.2. The Morgan fingerprint density at radius 1 is 0.967 bits per heavy atom. The molecule has 0 amide bonds. The Hall–Kier alpha value is -1.53. The zero-order valence-corrected chi connectivity index (χ0v) is 19.4. The highest BCUT2D eigenvalue weighted by Crippen LogP contribution is 2.31. The number of piperidine rings is 1. The van der Waals surface area contributed by atoms with Crippen molar-refractivity contribution in [2.45, 2.75) is 31.8 Å². The van der Waals surface area contributed by atoms with Gasteiger partial charge in [-0.3, -0.25) is 0 Å². The molecule has 0 saturated carbocycles. The lowest BCUT2D eigenvalue weighted by atomic mass is 9.97. The summed E-state index contributed by atoms with van der Waals surface area (Å²) in [5.41, 5.74) is 2.47. The number of aryl methyl sites for hydroxylation is 1. The van der Waals surface area contributed by atoms with Crippen LogP contribution in [-0.2, 0) is 6.42 Å². The minimum atomic E-state index is 0. The molecule has 4 nitrogen and oxygen atoms in total. The van der Waals surface area contributed by atoms with Gasteiger partial charge in [0.25, 0.3) is 0 Å². The van der Waals surface area contributed by atoms with Gasteiger partial charge >= 0.3 is 0 Å². The van der Waals surface area contributed by atoms with E-state index in [0.29, 0.717) is 6.10 Å². The summed E-state index contributed by atoms with van der Waals surface area (Å²) in [4.78, 5) is 7.28. The fourth-order valence-electron chi connectivity index (χ4n) is 4.30. The molecule has 1 aromatic heterocycles. The van der Waals surface area contributed by atoms with Gasteiger partial charge in [-0.2, -0.15) is 0 Å². The second-order valence-electron chi connectivity index (χ2n) is 7.94. The third kappa shape index (κ3) is 5.20. The zero-order valence-electron chi connectivity index (χ0n) is 17.0. The van der Waals surface area contributed by atoms with Gasteiger partial charge in [-0.05, 0) is 61.9 Å². The molecule has 0 radical (unpaired) electrons. The number of thiazole rings is 1. The third-order valence-corrected chi connectivity index (χ3v) is 7.07. The molecule has 1 N–H and O–H groups in total. The van der Waals surface area contributed by atoms with E-state index in [1.54, 1.807) is 0 Å². The maximum atomic E-state index is 6.15. The van der Waals surface area contributed by atoms with Crippen molar-refractivity contribution in [3.63, 3.8) is 0 Å². The average molecular weight is 466 g/mol. The monoisotopic (exact) mass is 465 g/mol. The van der Waals surface area contributed by atoms with Crippen molar-refractivity contribution in [2.24, 2.45) is 5.92 Å². The number of rotatable bonds is 5. The molecule has 5 rings (SSSR count). The first kappa shape index (κ1) is 23.1. The van der Waals surface area contributed by atoms with Crippen LogP contribution in [0.5, 0.6) is 5.75 Å². The van der Waals surface area contributed by atoms with Crippen LogP contribution in [0.4, 0.5) is 5.13 Å². The van der Waals surface area contributed by atoms with Crippen LogP contribution < -0.4 is 15.0 Å². The van der Waals surface area contributed by atoms with E-state index in [4.69, 9.17) is 9.72 Å². The van der Waals surface area contributed by atoms with Crippen LogP contribution in [0.25, 0.3) is 10.2 Å². The Balaban J connectivity index is 0.00000128. The summed E-state index contributed by atoms with van der Waals surface area (Å²) >= 11 is 1.82. The van der Waals surface area contributed by atoms with Crippen molar-refractivity contribution in [3.8, 4) is 5.75 Å². The number of aromatic nitrogens is 1. The van der Waals surface area contributed by atoms with Gasteiger partial charge in [-0.15, -0.1) is 24.8 Å². The van der Waals surface area contributed by atoms with E-state index in [2.05, 4.69) is 58.7 Å². The smallest absolute Gasteiger partial charge is 0.186 e. The number of ether oxygens (including phenoxy) is 1. The van der Waals surface area contributed by atoms with E-state index < -0.39 is 0 Å². The molecule has 1 atom stereocenters. The molecular formula is C23H29Cl2N3OS. The highest BCUT2D eigenvalue weighted by Gasteiger charge is 2.23. The van der Waals surface area contributed by atoms with Crippen LogP contribution in [0.2, 0.25) is 0 Å². The summed E-state index contributed by atoms with van der Waals surface area (Å²) in [5, 5.41) is 4.86. The molecular weight excluding hydrogens is 437 g/mol. The number of halogens is 2. The molecule has 1 unspecified atom stereocenters. The number of hydrogen-bond donors (Lipinski definition) is 1. The number of fused-ring (bicyclic) bond motifs is 2. The highest BCUT2D eigenvalue weighted by atomic mass is 35.5. The molecule has 1 fully saturated rings. The Bertz CT molecular complexity index is 910. The van der Waals surface area contributed by atoms with Gasteiger partial charge in [0.2, 0.25) is 0 Å². The van der Waals surface area contributed by atoms with Crippen molar-refractivity contribution in [1.82, 2.24) is 10.3 Å². The van der Waals surface area contributed by atoms with Gasteiger partial charge in [0.15, 0.2) is 5.13 Å². The summed E-state index contributed by atoms with van der Waals surface area (Å²) in [6.07, 6.45) is 5.01. The van der Waals surface area contributed by atoms with E-state index in [1.165, 1.54) is 28.2 Å². The fourth-order valence-corrected chi connectivity index (χ4v) is 5.31. The molecule has 1 saturated heterocycles. The first-order valence-electron chi connectivity index (χ1n) is 10.4. The Kier molecular flexibility index (Phi) is 8.23. The molecule has 2 aromatic carbocycles. The van der Waals surface area contributed by atoms with Crippen molar-refractivity contribution < 1.29 is 4.74 Å². The van der Waals surface area contributed by atoms with E-state index in [1.807, 2.05) is 11.3 Å². The second kappa shape index (κ2) is 10.7. The minimum absolute atomic E-state index is 0. The van der Waals surface area contributed by atoms with Crippen LogP contribution in [-0.4, -0.2) is 37.3 Å². The first-order chi connectivity index (χ1) is 13.8. The van der Waals surface area contributed by atoms with E-state index in [9.17, 15) is 0 Å². The van der Waals surface area contributed by atoms with Gasteiger partial charge < -0.3 is 15.0 Å². The maximum Gasteiger partial charge on any atom is 0.186 e. The summed E-state index contributed by atoms with van der Waals surface area (Å²) in [5.74, 6) is 1.83. The lowest BCUT2D eigenvalue weighted by Crippen LogP contribution is -2.40. The minimum Gasteiger partial charge on any atom is -0.489 e. The molecule has 2 aliphatic rings. The highest BCUT2D eigenvalue weighted by molar-refractivity contribution is 7.22. The number of nitrogens with one attached hydrogen (secondary N) is 1. The van der Waals surface area contributed by atoms with Gasteiger partial charge in [-0.1, -0.05) is 41.7 Å². The van der Waals surface area contributed by atoms with Gasteiger partial charge in [0, 0.05) is 19.6 Å². The van der Waals surface area contributed by atoms with Gasteiger partial charge in [0.1, 0.15) is 11.9 Å². The average Bonchev–Trinajstić information content (AvgIpc) is 3.18. The Labute approximate surface area is 194 Å². The molecule has 0 aliphatic carbocycles. The van der Waals surface area contributed by atoms with Crippen LogP contribution >= 0.6 is 36.2 Å². The van der Waals surface area contributed by atoms with Crippen molar-refractivity contribution in [3.05, 3.63) is 54.1 Å². The topological polar surface area (TPSA) is 37.4 Å². The predicted octanol–water partition coefficient (Wildman–Crippen LogP) is 5.34. The molecule has 30 heavy (non-hydrogen) atoms. The summed E-state index contributed by atoms with van der Waals surface area (Å²) in [7, 11) is 0.